The quantitative estimate of drug-likeness (QED) is 0.492. The summed E-state index contributed by atoms with van der Waals surface area (Å²) in [5.74, 6) is -2.11. The Labute approximate surface area is 154 Å². The van der Waals surface area contributed by atoms with Crippen LogP contribution in [0.15, 0.2) is 53.4 Å². The van der Waals surface area contributed by atoms with Gasteiger partial charge in [0.15, 0.2) is 0 Å². The molecule has 1 aromatic heterocycles. The highest BCUT2D eigenvalue weighted by Gasteiger charge is 2.26. The Hall–Kier alpha value is -3.04. The molecule has 0 unspecified atom stereocenters. The lowest BCUT2D eigenvalue weighted by Crippen LogP contribution is -2.07. The van der Waals surface area contributed by atoms with Crippen LogP contribution in [0.5, 0.6) is 0 Å². The lowest BCUT2D eigenvalue weighted by Gasteiger charge is -2.09. The van der Waals surface area contributed by atoms with Crippen LogP contribution in [0, 0.1) is 12.5 Å². The molecule has 0 spiro atoms. The van der Waals surface area contributed by atoms with E-state index in [2.05, 4.69) is 4.85 Å². The Morgan fingerprint density at radius 1 is 1.15 bits per heavy atom. The van der Waals surface area contributed by atoms with Gasteiger partial charge in [0.25, 0.3) is 0 Å². The summed E-state index contributed by atoms with van der Waals surface area (Å²) in [5.41, 5.74) is 2.13. The second-order valence-electron chi connectivity index (χ2n) is 5.62. The van der Waals surface area contributed by atoms with Crippen LogP contribution in [0.3, 0.4) is 0 Å². The molecule has 0 radical (unpaired) electrons. The number of hydrogen-bond acceptors (Lipinski definition) is 2. The molecule has 0 aliphatic carbocycles. The molecule has 26 heavy (non-hydrogen) atoms. The Kier molecular flexibility index (Phi) is 4.83. The summed E-state index contributed by atoms with van der Waals surface area (Å²) in [6.07, 6.45) is 2.00. The van der Waals surface area contributed by atoms with Gasteiger partial charge in [-0.25, -0.2) is 14.0 Å². The third-order valence-corrected chi connectivity index (χ3v) is 5.00. The third-order valence-electron chi connectivity index (χ3n) is 4.20. The van der Waals surface area contributed by atoms with E-state index in [4.69, 9.17) is 6.57 Å². The number of benzene rings is 2. The number of carboxylic acids is 1. The highest BCUT2D eigenvalue weighted by Crippen LogP contribution is 2.39. The Balaban J connectivity index is 2.15. The maximum Gasteiger partial charge on any atom is 0.351 e. The lowest BCUT2D eigenvalue weighted by atomic mass is 9.99. The van der Waals surface area contributed by atoms with Gasteiger partial charge in [-0.2, -0.15) is 0 Å². The molecule has 3 aromatic rings. The first-order chi connectivity index (χ1) is 12.5. The maximum atomic E-state index is 14.3. The Morgan fingerprint density at radius 2 is 1.77 bits per heavy atom. The van der Waals surface area contributed by atoms with Gasteiger partial charge in [-0.3, -0.25) is 0 Å². The monoisotopic (exact) mass is 366 g/mol. The van der Waals surface area contributed by atoms with Crippen molar-refractivity contribution in [2.45, 2.75) is 4.90 Å². The summed E-state index contributed by atoms with van der Waals surface area (Å²) in [4.78, 5) is 15.9. The van der Waals surface area contributed by atoms with Gasteiger partial charge in [0, 0.05) is 17.5 Å². The number of aromatic nitrogens is 1. The fourth-order valence-corrected chi connectivity index (χ4v) is 3.59. The fraction of sp³-hybridized carbons (Fsp3) is 0.100. The molecule has 0 atom stereocenters. The van der Waals surface area contributed by atoms with Gasteiger partial charge in [0.05, 0.1) is 6.57 Å². The Morgan fingerprint density at radius 3 is 2.35 bits per heavy atom. The molecular formula is C20H15FN2O2S. The van der Waals surface area contributed by atoms with E-state index in [0.29, 0.717) is 5.56 Å². The van der Waals surface area contributed by atoms with Crippen LogP contribution in [-0.2, 0) is 7.05 Å². The number of aromatic carboxylic acids is 1. The second kappa shape index (κ2) is 7.06. The molecule has 0 saturated carbocycles. The molecular weight excluding hydrogens is 351 g/mol. The fourth-order valence-electron chi connectivity index (χ4n) is 2.97. The molecule has 0 fully saturated rings. The van der Waals surface area contributed by atoms with E-state index in [1.807, 2.05) is 42.7 Å². The van der Waals surface area contributed by atoms with Crippen LogP contribution in [0.4, 0.5) is 10.1 Å². The molecule has 4 nitrogen and oxygen atoms in total. The molecule has 2 aromatic carbocycles. The van der Waals surface area contributed by atoms with Crippen LogP contribution >= 0.6 is 11.8 Å². The van der Waals surface area contributed by atoms with Crippen LogP contribution in [0.25, 0.3) is 27.1 Å². The van der Waals surface area contributed by atoms with Crippen molar-refractivity contribution < 1.29 is 14.3 Å². The van der Waals surface area contributed by atoms with Crippen LogP contribution in [-0.4, -0.2) is 21.9 Å². The summed E-state index contributed by atoms with van der Waals surface area (Å²) in [7, 11) is 1.31. The average Bonchev–Trinajstić information content (AvgIpc) is 2.92. The molecule has 0 aliphatic heterocycles. The van der Waals surface area contributed by atoms with Crippen molar-refractivity contribution in [3.05, 3.63) is 71.6 Å². The van der Waals surface area contributed by atoms with Crippen LogP contribution in [0.2, 0.25) is 0 Å². The predicted molar refractivity (Wildman–Crippen MR) is 101 cm³/mol. The molecule has 0 saturated heterocycles. The normalized spacial score (nSPS) is 10.5. The van der Waals surface area contributed by atoms with Crippen molar-refractivity contribution in [2.24, 2.45) is 7.05 Å². The molecule has 1 heterocycles. The summed E-state index contributed by atoms with van der Waals surface area (Å²) in [6, 6.07) is 15.1. The van der Waals surface area contributed by atoms with Crippen molar-refractivity contribution in [1.82, 2.24) is 4.57 Å². The molecule has 1 N–H and O–H groups in total. The van der Waals surface area contributed by atoms with Gasteiger partial charge in [-0.05, 0) is 29.0 Å². The van der Waals surface area contributed by atoms with E-state index in [9.17, 15) is 14.3 Å². The lowest BCUT2D eigenvalue weighted by molar-refractivity contribution is 0.0686. The largest absolute Gasteiger partial charge is 0.477 e. The van der Waals surface area contributed by atoms with Gasteiger partial charge < -0.3 is 9.67 Å². The maximum absolute atomic E-state index is 14.3. The second-order valence-corrected chi connectivity index (χ2v) is 6.46. The highest BCUT2D eigenvalue weighted by molar-refractivity contribution is 7.98. The zero-order valence-electron chi connectivity index (χ0n) is 14.2. The van der Waals surface area contributed by atoms with Gasteiger partial charge in [-0.1, -0.05) is 42.5 Å². The van der Waals surface area contributed by atoms with E-state index in [1.165, 1.54) is 7.05 Å². The van der Waals surface area contributed by atoms with E-state index in [1.54, 1.807) is 23.9 Å². The van der Waals surface area contributed by atoms with E-state index < -0.39 is 11.9 Å². The number of rotatable bonds is 4. The van der Waals surface area contributed by atoms with E-state index in [-0.39, 0.29) is 16.9 Å². The first-order valence-electron chi connectivity index (χ1n) is 7.72. The molecule has 3 rings (SSSR count). The summed E-state index contributed by atoms with van der Waals surface area (Å²) in [5, 5.41) is 9.45. The van der Waals surface area contributed by atoms with Crippen LogP contribution < -0.4 is 0 Å². The number of carbonyl (C=O) groups is 1. The first-order valence-corrected chi connectivity index (χ1v) is 8.94. The average molecular weight is 366 g/mol. The van der Waals surface area contributed by atoms with Crippen molar-refractivity contribution in [3.8, 4) is 22.3 Å². The standard InChI is InChI=1S/C20H15FN2O2S/c1-22-17-16(18(20(24)25)23(2)19(17)21)13-10-8-12(9-11-13)14-6-4-5-7-15(14)26-3/h4-11H,2-3H3,(H,24,25). The number of carboxylic acid groups (broad SMARTS) is 1. The van der Waals surface area contributed by atoms with Crippen molar-refractivity contribution in [2.75, 3.05) is 6.26 Å². The Bertz CT molecular complexity index is 1030. The van der Waals surface area contributed by atoms with Crippen molar-refractivity contribution in [1.29, 1.82) is 0 Å². The van der Waals surface area contributed by atoms with Crippen LogP contribution in [0.1, 0.15) is 10.5 Å². The topological polar surface area (TPSA) is 46.6 Å². The zero-order valence-corrected chi connectivity index (χ0v) is 15.0. The number of hydrogen-bond donors (Lipinski definition) is 1. The SMILES string of the molecule is [C-]#[N+]c1c(-c2ccc(-c3ccccc3SC)cc2)c(C(=O)O)n(C)c1F. The van der Waals surface area contributed by atoms with Gasteiger partial charge in [0.2, 0.25) is 11.6 Å². The molecule has 6 heteroatoms. The zero-order chi connectivity index (χ0) is 18.8. The highest BCUT2D eigenvalue weighted by atomic mass is 32.2. The molecule has 0 bridgehead atoms. The van der Waals surface area contributed by atoms with Gasteiger partial charge in [0.1, 0.15) is 5.69 Å². The van der Waals surface area contributed by atoms with E-state index >= 15 is 0 Å². The van der Waals surface area contributed by atoms with Crippen molar-refractivity contribution >= 4 is 23.4 Å². The molecule has 0 amide bonds. The summed E-state index contributed by atoms with van der Waals surface area (Å²) >= 11 is 1.64. The number of thioether (sulfide) groups is 1. The van der Waals surface area contributed by atoms with Crippen molar-refractivity contribution in [3.63, 3.8) is 0 Å². The predicted octanol–water partition coefficient (Wildman–Crippen LogP) is 5.47. The third kappa shape index (κ3) is 2.87. The minimum absolute atomic E-state index is 0.109. The smallest absolute Gasteiger partial charge is 0.351 e. The first kappa shape index (κ1) is 17.8. The summed E-state index contributed by atoms with van der Waals surface area (Å²) < 4.78 is 15.2. The minimum atomic E-state index is -1.27. The van der Waals surface area contributed by atoms with E-state index in [0.717, 1.165) is 20.6 Å². The minimum Gasteiger partial charge on any atom is -0.477 e. The number of halogens is 1. The number of nitrogens with zero attached hydrogens (tertiary/aromatic N) is 2. The molecule has 0 aliphatic rings. The van der Waals surface area contributed by atoms with Gasteiger partial charge >= 0.3 is 5.97 Å². The summed E-state index contributed by atoms with van der Waals surface area (Å²) in [6.45, 7) is 7.23. The molecule has 130 valence electrons. The van der Waals surface area contributed by atoms with Gasteiger partial charge in [-0.15, -0.1) is 11.8 Å².